The monoisotopic (exact) mass is 254 g/mol. The third kappa shape index (κ3) is 2.91. The molecule has 0 atom stereocenters. The lowest BCUT2D eigenvalue weighted by molar-refractivity contribution is 0.0702. The van der Waals surface area contributed by atoms with E-state index in [1.54, 1.807) is 12.1 Å². The largest absolute Gasteiger partial charge is 0.490 e. The van der Waals surface area contributed by atoms with Gasteiger partial charge in [0.05, 0.1) is 25.4 Å². The third-order valence-electron chi connectivity index (χ3n) is 2.35. The van der Waals surface area contributed by atoms with E-state index >= 15 is 0 Å². The van der Waals surface area contributed by atoms with E-state index in [0.29, 0.717) is 42.3 Å². The van der Waals surface area contributed by atoms with Gasteiger partial charge in [-0.05, 0) is 6.07 Å². The number of hydrogen-bond donors (Lipinski definition) is 1. The highest BCUT2D eigenvalue weighted by molar-refractivity contribution is 5.81. The molecule has 0 saturated heterocycles. The number of rotatable bonds is 7. The molecule has 1 aliphatic heterocycles. The van der Waals surface area contributed by atoms with E-state index in [4.69, 9.17) is 24.1 Å². The maximum absolute atomic E-state index is 10.9. The second kappa shape index (κ2) is 6.23. The smallest absolute Gasteiger partial charge is 0.231 e. The van der Waals surface area contributed by atoms with Crippen LogP contribution in [0.3, 0.4) is 0 Å². The van der Waals surface area contributed by atoms with Crippen molar-refractivity contribution in [2.45, 2.75) is 0 Å². The summed E-state index contributed by atoms with van der Waals surface area (Å²) in [5, 5.41) is 8.53. The van der Waals surface area contributed by atoms with Gasteiger partial charge < -0.3 is 24.1 Å². The molecule has 0 unspecified atom stereocenters. The molecule has 2 rings (SSSR count). The zero-order valence-electron chi connectivity index (χ0n) is 9.76. The van der Waals surface area contributed by atoms with Gasteiger partial charge in [0.1, 0.15) is 12.4 Å². The predicted molar refractivity (Wildman–Crippen MR) is 61.4 cm³/mol. The van der Waals surface area contributed by atoms with Crippen LogP contribution in [0.15, 0.2) is 12.1 Å². The molecule has 0 spiro atoms. The van der Waals surface area contributed by atoms with E-state index in [1.807, 2.05) is 0 Å². The minimum atomic E-state index is -0.0242. The average molecular weight is 254 g/mol. The van der Waals surface area contributed by atoms with Crippen molar-refractivity contribution >= 4 is 6.29 Å². The van der Waals surface area contributed by atoms with Crippen molar-refractivity contribution in [1.29, 1.82) is 0 Å². The van der Waals surface area contributed by atoms with Crippen LogP contribution in [0.1, 0.15) is 10.4 Å². The lowest BCUT2D eigenvalue weighted by Crippen LogP contribution is -2.09. The molecule has 98 valence electrons. The summed E-state index contributed by atoms with van der Waals surface area (Å²) in [6.07, 6.45) is 0.700. The summed E-state index contributed by atoms with van der Waals surface area (Å²) in [5.41, 5.74) is 0.404. The molecule has 1 heterocycles. The Labute approximate surface area is 104 Å². The fourth-order valence-electron chi connectivity index (χ4n) is 1.53. The minimum absolute atomic E-state index is 0.0242. The van der Waals surface area contributed by atoms with Crippen LogP contribution in [-0.4, -0.2) is 44.6 Å². The minimum Gasteiger partial charge on any atom is -0.490 e. The van der Waals surface area contributed by atoms with Gasteiger partial charge in [-0.25, -0.2) is 0 Å². The molecular weight excluding hydrogens is 240 g/mol. The number of aliphatic hydroxyl groups is 1. The quantitative estimate of drug-likeness (QED) is 0.568. The van der Waals surface area contributed by atoms with Gasteiger partial charge in [-0.3, -0.25) is 4.79 Å². The fraction of sp³-hybridized carbons (Fsp3) is 0.417. The second-order valence-corrected chi connectivity index (χ2v) is 3.55. The first-order chi connectivity index (χ1) is 8.85. The van der Waals surface area contributed by atoms with Crippen LogP contribution in [0.5, 0.6) is 17.2 Å². The Bertz CT molecular complexity index is 417. The number of fused-ring (bicyclic) bond motifs is 1. The van der Waals surface area contributed by atoms with Crippen molar-refractivity contribution in [3.05, 3.63) is 17.7 Å². The highest BCUT2D eigenvalue weighted by Gasteiger charge is 2.17. The molecule has 0 bridgehead atoms. The first kappa shape index (κ1) is 12.7. The summed E-state index contributed by atoms with van der Waals surface area (Å²) < 4.78 is 20.8. The molecule has 1 N–H and O–H groups in total. The molecule has 0 aliphatic carbocycles. The molecule has 18 heavy (non-hydrogen) atoms. The van der Waals surface area contributed by atoms with Gasteiger partial charge in [0, 0.05) is 6.07 Å². The molecule has 0 aromatic heterocycles. The maximum atomic E-state index is 10.9. The Morgan fingerprint density at radius 2 is 2.00 bits per heavy atom. The Morgan fingerprint density at radius 1 is 1.22 bits per heavy atom. The Balaban J connectivity index is 1.96. The molecule has 1 aromatic rings. The highest BCUT2D eigenvalue weighted by atomic mass is 16.7. The first-order valence-corrected chi connectivity index (χ1v) is 5.55. The van der Waals surface area contributed by atoms with E-state index < -0.39 is 0 Å². The second-order valence-electron chi connectivity index (χ2n) is 3.55. The van der Waals surface area contributed by atoms with Crippen molar-refractivity contribution in [2.24, 2.45) is 0 Å². The van der Waals surface area contributed by atoms with Crippen LogP contribution in [0.2, 0.25) is 0 Å². The molecular formula is C12H14O6. The van der Waals surface area contributed by atoms with E-state index in [9.17, 15) is 4.79 Å². The molecule has 0 fully saturated rings. The lowest BCUT2D eigenvalue weighted by atomic mass is 10.2. The number of ether oxygens (including phenoxy) is 4. The van der Waals surface area contributed by atoms with Crippen LogP contribution in [0, 0.1) is 0 Å². The average Bonchev–Trinajstić information content (AvgIpc) is 2.84. The first-order valence-electron chi connectivity index (χ1n) is 5.55. The van der Waals surface area contributed by atoms with Gasteiger partial charge in [-0.1, -0.05) is 0 Å². The molecule has 1 aliphatic rings. The number of hydrogen-bond acceptors (Lipinski definition) is 6. The molecule has 0 saturated carbocycles. The highest BCUT2D eigenvalue weighted by Crippen LogP contribution is 2.37. The lowest BCUT2D eigenvalue weighted by Gasteiger charge is -2.09. The predicted octanol–water partition coefficient (Wildman–Crippen LogP) is 0.615. The van der Waals surface area contributed by atoms with Crippen LogP contribution in [0.25, 0.3) is 0 Å². The van der Waals surface area contributed by atoms with Gasteiger partial charge in [0.25, 0.3) is 0 Å². The van der Waals surface area contributed by atoms with Gasteiger partial charge in [0.15, 0.2) is 17.8 Å². The maximum Gasteiger partial charge on any atom is 0.231 e. The fourth-order valence-corrected chi connectivity index (χ4v) is 1.53. The van der Waals surface area contributed by atoms with Crippen LogP contribution in [-0.2, 0) is 4.74 Å². The van der Waals surface area contributed by atoms with Crippen molar-refractivity contribution in [2.75, 3.05) is 33.2 Å². The van der Waals surface area contributed by atoms with E-state index in [2.05, 4.69) is 0 Å². The molecule has 6 nitrogen and oxygen atoms in total. The summed E-state index contributed by atoms with van der Waals surface area (Å²) in [5.74, 6) is 1.54. The summed E-state index contributed by atoms with van der Waals surface area (Å²) in [6, 6.07) is 3.21. The van der Waals surface area contributed by atoms with E-state index in [-0.39, 0.29) is 20.0 Å². The van der Waals surface area contributed by atoms with Crippen LogP contribution < -0.4 is 14.2 Å². The molecule has 0 amide bonds. The van der Waals surface area contributed by atoms with Gasteiger partial charge >= 0.3 is 0 Å². The zero-order chi connectivity index (χ0) is 12.8. The molecule has 1 aromatic carbocycles. The van der Waals surface area contributed by atoms with E-state index in [0.717, 1.165) is 0 Å². The Hall–Kier alpha value is -1.79. The number of aldehydes is 1. The topological polar surface area (TPSA) is 74.2 Å². The zero-order valence-corrected chi connectivity index (χ0v) is 9.76. The third-order valence-corrected chi connectivity index (χ3v) is 2.35. The molecule has 6 heteroatoms. The van der Waals surface area contributed by atoms with Gasteiger partial charge in [-0.2, -0.15) is 0 Å². The van der Waals surface area contributed by atoms with Crippen molar-refractivity contribution in [1.82, 2.24) is 0 Å². The summed E-state index contributed by atoms with van der Waals surface area (Å²) in [7, 11) is 0. The number of carbonyl (C=O) groups is 1. The normalized spacial score (nSPS) is 12.5. The van der Waals surface area contributed by atoms with Crippen molar-refractivity contribution < 1.29 is 28.8 Å². The van der Waals surface area contributed by atoms with Crippen LogP contribution >= 0.6 is 0 Å². The van der Waals surface area contributed by atoms with Gasteiger partial charge in [0.2, 0.25) is 6.79 Å². The van der Waals surface area contributed by atoms with Crippen molar-refractivity contribution in [3.63, 3.8) is 0 Å². The molecule has 0 radical (unpaired) electrons. The summed E-state index contributed by atoms with van der Waals surface area (Å²) in [4.78, 5) is 10.9. The van der Waals surface area contributed by atoms with Crippen LogP contribution in [0.4, 0.5) is 0 Å². The SMILES string of the molecule is O=Cc1cc2c(cc1OCCOCCO)OCO2. The Kier molecular flexibility index (Phi) is 4.38. The summed E-state index contributed by atoms with van der Waals surface area (Å²) >= 11 is 0. The summed E-state index contributed by atoms with van der Waals surface area (Å²) in [6.45, 7) is 1.03. The Morgan fingerprint density at radius 3 is 2.72 bits per heavy atom. The number of aliphatic hydroxyl groups excluding tert-OH is 1. The van der Waals surface area contributed by atoms with Gasteiger partial charge in [-0.15, -0.1) is 0 Å². The standard InChI is InChI=1S/C12H14O6/c13-1-2-15-3-4-16-10-6-12-11(17-8-18-12)5-9(10)7-14/h5-7,13H,1-4,8H2. The van der Waals surface area contributed by atoms with E-state index in [1.165, 1.54) is 0 Å². The number of carbonyl (C=O) groups excluding carboxylic acids is 1. The number of benzene rings is 1. The van der Waals surface area contributed by atoms with Crippen molar-refractivity contribution in [3.8, 4) is 17.2 Å².